The summed E-state index contributed by atoms with van der Waals surface area (Å²) in [5, 5.41) is 4.16. The highest BCUT2D eigenvalue weighted by Crippen LogP contribution is 2.39. The lowest BCUT2D eigenvalue weighted by Gasteiger charge is -2.28. The molecule has 3 unspecified atom stereocenters. The standard InChI is InChI=1S/C16H24ClNO3/c1-5-18-15(16-10(2)6-7-21-16)11-8-13(19-3)14(20-4)9-12(11)17/h8-10,15-16,18H,5-7H2,1-4H3. The molecule has 1 aromatic carbocycles. The molecular weight excluding hydrogens is 290 g/mol. The lowest BCUT2D eigenvalue weighted by atomic mass is 9.92. The van der Waals surface area contributed by atoms with Gasteiger partial charge in [0.15, 0.2) is 11.5 Å². The first-order valence-electron chi connectivity index (χ1n) is 7.38. The third kappa shape index (κ3) is 3.44. The Bertz CT molecular complexity index is 481. The Morgan fingerprint density at radius 2 is 2.00 bits per heavy atom. The van der Waals surface area contributed by atoms with Gasteiger partial charge in [0.05, 0.1) is 26.4 Å². The molecule has 1 saturated heterocycles. The van der Waals surface area contributed by atoms with Crippen molar-refractivity contribution in [1.29, 1.82) is 0 Å². The molecule has 1 fully saturated rings. The number of nitrogens with one attached hydrogen (secondary N) is 1. The third-order valence-corrected chi connectivity index (χ3v) is 4.36. The van der Waals surface area contributed by atoms with E-state index in [0.717, 1.165) is 25.1 Å². The van der Waals surface area contributed by atoms with Crippen LogP contribution < -0.4 is 14.8 Å². The van der Waals surface area contributed by atoms with Crippen LogP contribution >= 0.6 is 11.6 Å². The van der Waals surface area contributed by atoms with Crippen LogP contribution in [-0.4, -0.2) is 33.5 Å². The van der Waals surface area contributed by atoms with Crippen molar-refractivity contribution in [3.63, 3.8) is 0 Å². The maximum atomic E-state index is 6.46. The smallest absolute Gasteiger partial charge is 0.162 e. The van der Waals surface area contributed by atoms with Crippen molar-refractivity contribution >= 4 is 11.6 Å². The Balaban J connectivity index is 2.39. The summed E-state index contributed by atoms with van der Waals surface area (Å²) in [7, 11) is 3.24. The van der Waals surface area contributed by atoms with E-state index in [-0.39, 0.29) is 12.1 Å². The summed E-state index contributed by atoms with van der Waals surface area (Å²) in [6, 6.07) is 3.81. The SMILES string of the molecule is CCNC(c1cc(OC)c(OC)cc1Cl)C1OCCC1C. The summed E-state index contributed by atoms with van der Waals surface area (Å²) < 4.78 is 16.6. The maximum absolute atomic E-state index is 6.46. The molecule has 0 aromatic heterocycles. The van der Waals surface area contributed by atoms with Gasteiger partial charge in [-0.15, -0.1) is 0 Å². The number of ether oxygens (including phenoxy) is 3. The first-order chi connectivity index (χ1) is 10.1. The lowest BCUT2D eigenvalue weighted by Crippen LogP contribution is -2.35. The number of likely N-dealkylation sites (N-methyl/N-ethyl adjacent to an activating group) is 1. The molecule has 0 bridgehead atoms. The van der Waals surface area contributed by atoms with Gasteiger partial charge in [0, 0.05) is 17.7 Å². The Labute approximate surface area is 131 Å². The van der Waals surface area contributed by atoms with Gasteiger partial charge in [0.2, 0.25) is 0 Å². The fourth-order valence-corrected chi connectivity index (χ4v) is 3.15. The fraction of sp³-hybridized carbons (Fsp3) is 0.625. The van der Waals surface area contributed by atoms with Crippen LogP contribution in [0.25, 0.3) is 0 Å². The van der Waals surface area contributed by atoms with Crippen molar-refractivity contribution in [2.24, 2.45) is 5.92 Å². The van der Waals surface area contributed by atoms with Gasteiger partial charge in [-0.3, -0.25) is 0 Å². The molecule has 0 aliphatic carbocycles. The van der Waals surface area contributed by atoms with Crippen LogP contribution in [0.2, 0.25) is 5.02 Å². The van der Waals surface area contributed by atoms with Gasteiger partial charge >= 0.3 is 0 Å². The van der Waals surface area contributed by atoms with E-state index in [1.165, 1.54) is 0 Å². The van der Waals surface area contributed by atoms with Gasteiger partial charge in [-0.05, 0) is 30.5 Å². The molecule has 21 heavy (non-hydrogen) atoms. The lowest BCUT2D eigenvalue weighted by molar-refractivity contribution is 0.0611. The zero-order chi connectivity index (χ0) is 15.4. The van der Waals surface area contributed by atoms with Crippen LogP contribution in [0.4, 0.5) is 0 Å². The molecule has 1 heterocycles. The van der Waals surface area contributed by atoms with Crippen molar-refractivity contribution in [1.82, 2.24) is 5.32 Å². The molecule has 0 radical (unpaired) electrons. The van der Waals surface area contributed by atoms with Crippen molar-refractivity contribution in [2.75, 3.05) is 27.4 Å². The Morgan fingerprint density at radius 3 is 2.52 bits per heavy atom. The van der Waals surface area contributed by atoms with Crippen LogP contribution in [0.15, 0.2) is 12.1 Å². The van der Waals surface area contributed by atoms with Crippen molar-refractivity contribution < 1.29 is 14.2 Å². The minimum absolute atomic E-state index is 0.0554. The molecule has 1 aliphatic heterocycles. The third-order valence-electron chi connectivity index (χ3n) is 4.03. The van der Waals surface area contributed by atoms with Crippen LogP contribution in [0.3, 0.4) is 0 Å². The molecule has 1 N–H and O–H groups in total. The number of hydrogen-bond acceptors (Lipinski definition) is 4. The van der Waals surface area contributed by atoms with Crippen LogP contribution in [0, 0.1) is 5.92 Å². The summed E-state index contributed by atoms with van der Waals surface area (Å²) >= 11 is 6.46. The molecule has 1 aliphatic rings. The molecular formula is C16H24ClNO3. The van der Waals surface area contributed by atoms with Gasteiger partial charge in [-0.2, -0.15) is 0 Å². The van der Waals surface area contributed by atoms with Crippen molar-refractivity contribution in [3.8, 4) is 11.5 Å². The summed E-state index contributed by atoms with van der Waals surface area (Å²) in [6.45, 7) is 5.96. The number of rotatable bonds is 6. The van der Waals surface area contributed by atoms with E-state index < -0.39 is 0 Å². The van der Waals surface area contributed by atoms with Crippen LogP contribution in [0.1, 0.15) is 31.9 Å². The average molecular weight is 314 g/mol. The minimum Gasteiger partial charge on any atom is -0.493 e. The monoisotopic (exact) mass is 313 g/mol. The predicted molar refractivity (Wildman–Crippen MR) is 84.5 cm³/mol. The highest BCUT2D eigenvalue weighted by atomic mass is 35.5. The average Bonchev–Trinajstić information content (AvgIpc) is 2.90. The van der Waals surface area contributed by atoms with E-state index in [2.05, 4.69) is 19.2 Å². The van der Waals surface area contributed by atoms with Gasteiger partial charge in [0.25, 0.3) is 0 Å². The predicted octanol–water partition coefficient (Wildman–Crippen LogP) is 3.43. The molecule has 4 nitrogen and oxygen atoms in total. The quantitative estimate of drug-likeness (QED) is 0.873. The van der Waals surface area contributed by atoms with Gasteiger partial charge in [0.1, 0.15) is 0 Å². The van der Waals surface area contributed by atoms with Crippen LogP contribution in [0.5, 0.6) is 11.5 Å². The summed E-state index contributed by atoms with van der Waals surface area (Å²) in [5.41, 5.74) is 0.995. The number of methoxy groups -OCH3 is 2. The highest BCUT2D eigenvalue weighted by molar-refractivity contribution is 6.31. The van der Waals surface area contributed by atoms with E-state index in [4.69, 9.17) is 25.8 Å². The van der Waals surface area contributed by atoms with Gasteiger partial charge in [-0.1, -0.05) is 25.4 Å². The van der Waals surface area contributed by atoms with Crippen molar-refractivity contribution in [3.05, 3.63) is 22.7 Å². The summed E-state index contributed by atoms with van der Waals surface area (Å²) in [4.78, 5) is 0. The summed E-state index contributed by atoms with van der Waals surface area (Å²) in [5.74, 6) is 1.82. The van der Waals surface area contributed by atoms with Gasteiger partial charge in [-0.25, -0.2) is 0 Å². The van der Waals surface area contributed by atoms with Crippen molar-refractivity contribution in [2.45, 2.75) is 32.4 Å². The topological polar surface area (TPSA) is 39.7 Å². The number of halogens is 1. The zero-order valence-electron chi connectivity index (χ0n) is 13.1. The second kappa shape index (κ2) is 7.34. The molecule has 2 rings (SSSR count). The number of hydrogen-bond donors (Lipinski definition) is 1. The Morgan fingerprint density at radius 1 is 1.33 bits per heavy atom. The molecule has 118 valence electrons. The van der Waals surface area contributed by atoms with E-state index in [1.54, 1.807) is 20.3 Å². The van der Waals surface area contributed by atoms with E-state index in [9.17, 15) is 0 Å². The highest BCUT2D eigenvalue weighted by Gasteiger charge is 2.34. The van der Waals surface area contributed by atoms with E-state index in [1.807, 2.05) is 6.07 Å². The summed E-state index contributed by atoms with van der Waals surface area (Å²) in [6.07, 6.45) is 1.21. The Hall–Kier alpha value is -0.970. The normalized spacial score (nSPS) is 23.1. The fourth-order valence-electron chi connectivity index (χ4n) is 2.87. The molecule has 0 saturated carbocycles. The molecule has 5 heteroatoms. The maximum Gasteiger partial charge on any atom is 0.162 e. The zero-order valence-corrected chi connectivity index (χ0v) is 13.9. The van der Waals surface area contributed by atoms with E-state index >= 15 is 0 Å². The first-order valence-corrected chi connectivity index (χ1v) is 7.76. The molecule has 1 aromatic rings. The second-order valence-corrected chi connectivity index (χ2v) is 5.77. The molecule has 0 amide bonds. The number of benzene rings is 1. The Kier molecular flexibility index (Phi) is 5.73. The second-order valence-electron chi connectivity index (χ2n) is 5.37. The molecule has 0 spiro atoms. The first kappa shape index (κ1) is 16.4. The largest absolute Gasteiger partial charge is 0.493 e. The molecule has 3 atom stereocenters. The van der Waals surface area contributed by atoms with E-state index in [0.29, 0.717) is 22.4 Å². The van der Waals surface area contributed by atoms with Gasteiger partial charge < -0.3 is 19.5 Å². The minimum atomic E-state index is 0.0554. The van der Waals surface area contributed by atoms with Crippen LogP contribution in [-0.2, 0) is 4.74 Å².